The van der Waals surface area contributed by atoms with Crippen molar-refractivity contribution >= 4 is 5.91 Å². The molecular weight excluding hydrogens is 281 g/mol. The summed E-state index contributed by atoms with van der Waals surface area (Å²) in [5.41, 5.74) is 5.33. The van der Waals surface area contributed by atoms with Crippen molar-refractivity contribution in [2.24, 2.45) is 23.0 Å². The van der Waals surface area contributed by atoms with Crippen LogP contribution in [0.4, 0.5) is 13.2 Å². The third-order valence-corrected chi connectivity index (χ3v) is 5.32. The molecule has 0 unspecified atom stereocenters. The van der Waals surface area contributed by atoms with Crippen molar-refractivity contribution in [3.8, 4) is 0 Å². The maximum absolute atomic E-state index is 12.7. The maximum Gasteiger partial charge on any atom is 0.391 e. The van der Waals surface area contributed by atoms with E-state index in [0.717, 1.165) is 25.7 Å². The van der Waals surface area contributed by atoms with Crippen molar-refractivity contribution in [1.82, 2.24) is 4.90 Å². The van der Waals surface area contributed by atoms with Gasteiger partial charge in [0.2, 0.25) is 5.91 Å². The number of nitrogens with zero attached hydrogens (tertiary/aromatic N) is 1. The largest absolute Gasteiger partial charge is 0.391 e. The lowest BCUT2D eigenvalue weighted by Gasteiger charge is -2.43. The van der Waals surface area contributed by atoms with E-state index in [0.29, 0.717) is 12.5 Å². The van der Waals surface area contributed by atoms with Crippen molar-refractivity contribution < 1.29 is 18.0 Å². The molecule has 0 aromatic carbocycles. The standard InChI is InChI=1S/C15H25F3N2O/c1-11-2-6-14(10-19,7-3-11)13(21)20-8-4-12(5-9-20)15(16,17)18/h11-12H,2-10,19H2,1H3. The Morgan fingerprint density at radius 1 is 1.19 bits per heavy atom. The van der Waals surface area contributed by atoms with E-state index in [1.807, 2.05) is 0 Å². The number of hydrogen-bond acceptors (Lipinski definition) is 2. The first kappa shape index (κ1) is 16.6. The molecule has 6 heteroatoms. The van der Waals surface area contributed by atoms with E-state index in [2.05, 4.69) is 6.92 Å². The van der Waals surface area contributed by atoms with Crippen LogP contribution in [0.1, 0.15) is 45.4 Å². The molecule has 0 radical (unpaired) electrons. The van der Waals surface area contributed by atoms with E-state index < -0.39 is 17.5 Å². The first-order valence-electron chi connectivity index (χ1n) is 7.85. The van der Waals surface area contributed by atoms with Gasteiger partial charge in [-0.2, -0.15) is 13.2 Å². The van der Waals surface area contributed by atoms with E-state index in [9.17, 15) is 18.0 Å². The van der Waals surface area contributed by atoms with Crippen LogP contribution in [0.5, 0.6) is 0 Å². The van der Waals surface area contributed by atoms with Crippen LogP contribution >= 0.6 is 0 Å². The molecule has 0 aromatic heterocycles. The lowest BCUT2D eigenvalue weighted by Crippen LogP contribution is -2.52. The highest BCUT2D eigenvalue weighted by Gasteiger charge is 2.46. The molecule has 1 saturated carbocycles. The highest BCUT2D eigenvalue weighted by molar-refractivity contribution is 5.83. The van der Waals surface area contributed by atoms with Crippen molar-refractivity contribution in [3.05, 3.63) is 0 Å². The molecule has 2 rings (SSSR count). The van der Waals surface area contributed by atoms with Crippen molar-refractivity contribution in [2.75, 3.05) is 19.6 Å². The molecule has 0 atom stereocenters. The molecule has 1 aliphatic carbocycles. The van der Waals surface area contributed by atoms with Crippen LogP contribution in [0.25, 0.3) is 0 Å². The second-order valence-corrected chi connectivity index (χ2v) is 6.78. The molecule has 122 valence electrons. The number of halogens is 3. The van der Waals surface area contributed by atoms with E-state index in [1.165, 1.54) is 0 Å². The van der Waals surface area contributed by atoms with Gasteiger partial charge >= 0.3 is 6.18 Å². The van der Waals surface area contributed by atoms with E-state index in [-0.39, 0.29) is 31.8 Å². The van der Waals surface area contributed by atoms with Crippen LogP contribution in [0.2, 0.25) is 0 Å². The normalized spacial score (nSPS) is 32.2. The number of rotatable bonds is 2. The number of nitrogens with two attached hydrogens (primary N) is 1. The Balaban J connectivity index is 1.97. The first-order chi connectivity index (χ1) is 9.78. The zero-order valence-corrected chi connectivity index (χ0v) is 12.6. The van der Waals surface area contributed by atoms with Gasteiger partial charge in [-0.25, -0.2) is 0 Å². The van der Waals surface area contributed by atoms with Gasteiger partial charge in [0.05, 0.1) is 11.3 Å². The maximum atomic E-state index is 12.7. The lowest BCUT2D eigenvalue weighted by molar-refractivity contribution is -0.188. The SMILES string of the molecule is CC1CCC(CN)(C(=O)N2CCC(C(F)(F)F)CC2)CC1. The summed E-state index contributed by atoms with van der Waals surface area (Å²) < 4.78 is 38.1. The number of amides is 1. The van der Waals surface area contributed by atoms with Gasteiger partial charge in [0.25, 0.3) is 0 Å². The molecule has 1 saturated heterocycles. The van der Waals surface area contributed by atoms with Crippen molar-refractivity contribution in [2.45, 2.75) is 51.6 Å². The second-order valence-electron chi connectivity index (χ2n) is 6.78. The van der Waals surface area contributed by atoms with Gasteiger partial charge in [0.15, 0.2) is 0 Å². The Labute approximate surface area is 124 Å². The van der Waals surface area contributed by atoms with Gasteiger partial charge in [-0.15, -0.1) is 0 Å². The van der Waals surface area contributed by atoms with Crippen LogP contribution < -0.4 is 5.73 Å². The zero-order valence-electron chi connectivity index (χ0n) is 12.6. The predicted octanol–water partition coefficient (Wildman–Crippen LogP) is 2.94. The van der Waals surface area contributed by atoms with Crippen molar-refractivity contribution in [3.63, 3.8) is 0 Å². The molecular formula is C15H25F3N2O. The minimum atomic E-state index is -4.14. The smallest absolute Gasteiger partial charge is 0.342 e. The fraction of sp³-hybridized carbons (Fsp3) is 0.933. The molecule has 1 aliphatic heterocycles. The van der Waals surface area contributed by atoms with Gasteiger partial charge in [0, 0.05) is 19.6 Å². The van der Waals surface area contributed by atoms with Gasteiger partial charge in [0.1, 0.15) is 0 Å². The summed E-state index contributed by atoms with van der Waals surface area (Å²) in [7, 11) is 0. The summed E-state index contributed by atoms with van der Waals surface area (Å²) in [6.07, 6.45) is -0.616. The monoisotopic (exact) mass is 306 g/mol. The number of alkyl halides is 3. The Morgan fingerprint density at radius 3 is 2.14 bits per heavy atom. The summed E-state index contributed by atoms with van der Waals surface area (Å²) in [6.45, 7) is 2.89. The lowest BCUT2D eigenvalue weighted by atomic mass is 9.69. The highest BCUT2D eigenvalue weighted by atomic mass is 19.4. The Hall–Kier alpha value is -0.780. The Kier molecular flexibility index (Phi) is 4.85. The summed E-state index contributed by atoms with van der Waals surface area (Å²) >= 11 is 0. The average molecular weight is 306 g/mol. The van der Waals surface area contributed by atoms with E-state index in [1.54, 1.807) is 4.90 Å². The average Bonchev–Trinajstić information content (AvgIpc) is 2.47. The van der Waals surface area contributed by atoms with Gasteiger partial charge in [-0.05, 0) is 44.4 Å². The van der Waals surface area contributed by atoms with Crippen LogP contribution in [-0.4, -0.2) is 36.6 Å². The van der Waals surface area contributed by atoms with Gasteiger partial charge in [-0.1, -0.05) is 6.92 Å². The number of likely N-dealkylation sites (tertiary alicyclic amines) is 1. The molecule has 0 spiro atoms. The van der Waals surface area contributed by atoms with Crippen LogP contribution in [0.15, 0.2) is 0 Å². The molecule has 1 amide bonds. The topological polar surface area (TPSA) is 46.3 Å². The molecule has 1 heterocycles. The Morgan fingerprint density at radius 2 is 1.71 bits per heavy atom. The molecule has 3 nitrogen and oxygen atoms in total. The molecule has 2 fully saturated rings. The molecule has 2 aliphatic rings. The van der Waals surface area contributed by atoms with E-state index in [4.69, 9.17) is 5.73 Å². The van der Waals surface area contributed by atoms with Crippen LogP contribution in [0, 0.1) is 17.3 Å². The van der Waals surface area contributed by atoms with Gasteiger partial charge < -0.3 is 10.6 Å². The van der Waals surface area contributed by atoms with Crippen molar-refractivity contribution in [1.29, 1.82) is 0 Å². The first-order valence-corrected chi connectivity index (χ1v) is 7.85. The number of hydrogen-bond donors (Lipinski definition) is 1. The van der Waals surface area contributed by atoms with Gasteiger partial charge in [-0.3, -0.25) is 4.79 Å². The van der Waals surface area contributed by atoms with Crippen LogP contribution in [-0.2, 0) is 4.79 Å². The number of carbonyl (C=O) groups excluding carboxylic acids is 1. The third-order valence-electron chi connectivity index (χ3n) is 5.32. The molecule has 2 N–H and O–H groups in total. The fourth-order valence-electron chi connectivity index (χ4n) is 3.57. The summed E-state index contributed by atoms with van der Waals surface area (Å²) in [4.78, 5) is 14.4. The minimum absolute atomic E-state index is 0.0162. The summed E-state index contributed by atoms with van der Waals surface area (Å²) in [5.74, 6) is -0.673. The Bertz CT molecular complexity index is 368. The number of piperidine rings is 1. The highest BCUT2D eigenvalue weighted by Crippen LogP contribution is 2.41. The fourth-order valence-corrected chi connectivity index (χ4v) is 3.57. The quantitative estimate of drug-likeness (QED) is 0.852. The third kappa shape index (κ3) is 3.52. The molecule has 0 aromatic rings. The summed E-state index contributed by atoms with van der Waals surface area (Å²) in [5, 5.41) is 0. The minimum Gasteiger partial charge on any atom is -0.342 e. The second kappa shape index (κ2) is 6.15. The number of carbonyl (C=O) groups is 1. The van der Waals surface area contributed by atoms with Crippen LogP contribution in [0.3, 0.4) is 0 Å². The van der Waals surface area contributed by atoms with E-state index >= 15 is 0 Å². The molecule has 0 bridgehead atoms. The summed E-state index contributed by atoms with van der Waals surface area (Å²) in [6, 6.07) is 0. The zero-order chi connectivity index (χ0) is 15.7. The predicted molar refractivity (Wildman–Crippen MR) is 74.5 cm³/mol. The molecule has 21 heavy (non-hydrogen) atoms.